The normalized spacial score (nSPS) is 14.0. The van der Waals surface area contributed by atoms with E-state index in [0.29, 0.717) is 23.3 Å². The molecule has 1 aromatic heterocycles. The lowest BCUT2D eigenvalue weighted by molar-refractivity contribution is 0.466. The van der Waals surface area contributed by atoms with E-state index in [4.69, 9.17) is 4.55 Å². The van der Waals surface area contributed by atoms with Crippen LogP contribution in [0.5, 0.6) is 0 Å². The van der Waals surface area contributed by atoms with Crippen LogP contribution in [0.25, 0.3) is 11.0 Å². The maximum Gasteiger partial charge on any atom is 0.294 e. The molecule has 2 rings (SSSR count). The van der Waals surface area contributed by atoms with Gasteiger partial charge >= 0.3 is 0 Å². The molecular weight excluding hydrogens is 356 g/mol. The number of benzene rings is 1. The summed E-state index contributed by atoms with van der Waals surface area (Å²) >= 11 is 0. The molecule has 0 radical (unpaired) electrons. The Morgan fingerprint density at radius 2 is 1.96 bits per heavy atom. The van der Waals surface area contributed by atoms with E-state index in [1.807, 2.05) is 0 Å². The number of aryl methyl sites for hydroxylation is 1. The summed E-state index contributed by atoms with van der Waals surface area (Å²) in [5.41, 5.74) is 1.13. The first kappa shape index (κ1) is 18.6. The Kier molecular flexibility index (Phi) is 5.14. The Morgan fingerprint density at radius 1 is 1.29 bits per heavy atom. The van der Waals surface area contributed by atoms with Gasteiger partial charge in [-0.3, -0.25) is 9.11 Å². The standard InChI is InChI=1S/C14H18N2O6S2/c1-3-4-13-15-11-7-8-12(24(20,21)22)10(14(11)16-13)6-5-9(2)23(17,18)19/h3,7-9H,1,4-6H2,2H3,(H,15,16)(H,17,18,19)(H,20,21,22). The maximum absolute atomic E-state index is 11.6. The number of rotatable bonds is 7. The predicted molar refractivity (Wildman–Crippen MR) is 89.1 cm³/mol. The van der Waals surface area contributed by atoms with Crippen molar-refractivity contribution >= 4 is 31.3 Å². The summed E-state index contributed by atoms with van der Waals surface area (Å²) in [5.74, 6) is 0.566. The van der Waals surface area contributed by atoms with E-state index in [-0.39, 0.29) is 23.3 Å². The molecule has 3 N–H and O–H groups in total. The van der Waals surface area contributed by atoms with Gasteiger partial charge in [0, 0.05) is 6.42 Å². The monoisotopic (exact) mass is 374 g/mol. The van der Waals surface area contributed by atoms with E-state index >= 15 is 0 Å². The van der Waals surface area contributed by atoms with Crippen LogP contribution in [0.3, 0.4) is 0 Å². The maximum atomic E-state index is 11.6. The lowest BCUT2D eigenvalue weighted by atomic mass is 10.1. The number of allylic oxidation sites excluding steroid dienone is 1. The summed E-state index contributed by atoms with van der Waals surface area (Å²) in [6, 6.07) is 2.68. The molecule has 0 amide bonds. The highest BCUT2D eigenvalue weighted by atomic mass is 32.2. The first-order chi connectivity index (χ1) is 11.0. The van der Waals surface area contributed by atoms with Gasteiger partial charge in [0.05, 0.1) is 21.2 Å². The number of fused-ring (bicyclic) bond motifs is 1. The molecule has 0 saturated carbocycles. The van der Waals surface area contributed by atoms with Gasteiger partial charge < -0.3 is 4.98 Å². The van der Waals surface area contributed by atoms with Crippen LogP contribution in [0.1, 0.15) is 24.7 Å². The van der Waals surface area contributed by atoms with Gasteiger partial charge in [0.15, 0.2) is 0 Å². The minimum Gasteiger partial charge on any atom is -0.341 e. The highest BCUT2D eigenvalue weighted by Crippen LogP contribution is 2.27. The minimum atomic E-state index is -4.49. The third kappa shape index (κ3) is 4.01. The fourth-order valence-electron chi connectivity index (χ4n) is 2.39. The minimum absolute atomic E-state index is 0.0170. The topological polar surface area (TPSA) is 137 Å². The summed E-state index contributed by atoms with van der Waals surface area (Å²) < 4.78 is 64.0. The summed E-state index contributed by atoms with van der Waals surface area (Å²) in [4.78, 5) is 6.95. The summed E-state index contributed by atoms with van der Waals surface area (Å²) in [5, 5.41) is -1.07. The van der Waals surface area contributed by atoms with Crippen LogP contribution < -0.4 is 0 Å². The molecule has 0 spiro atoms. The molecule has 24 heavy (non-hydrogen) atoms. The van der Waals surface area contributed by atoms with E-state index < -0.39 is 25.5 Å². The average molecular weight is 374 g/mol. The van der Waals surface area contributed by atoms with Crippen LogP contribution in [-0.4, -0.2) is 41.2 Å². The zero-order valence-electron chi connectivity index (χ0n) is 12.9. The summed E-state index contributed by atoms with van der Waals surface area (Å²) in [7, 11) is -8.72. The molecule has 132 valence electrons. The average Bonchev–Trinajstić information content (AvgIpc) is 2.85. The molecule has 0 aliphatic heterocycles. The molecule has 8 nitrogen and oxygen atoms in total. The van der Waals surface area contributed by atoms with E-state index in [9.17, 15) is 21.4 Å². The second-order valence-corrected chi connectivity index (χ2v) is 8.68. The van der Waals surface area contributed by atoms with E-state index in [1.165, 1.54) is 19.1 Å². The molecule has 0 aliphatic carbocycles. The van der Waals surface area contributed by atoms with Crippen molar-refractivity contribution in [1.82, 2.24) is 9.97 Å². The van der Waals surface area contributed by atoms with E-state index in [2.05, 4.69) is 16.5 Å². The van der Waals surface area contributed by atoms with Gasteiger partial charge in [0.2, 0.25) is 0 Å². The van der Waals surface area contributed by atoms with Crippen molar-refractivity contribution in [2.45, 2.75) is 36.3 Å². The quantitative estimate of drug-likeness (QED) is 0.496. The number of aromatic amines is 1. The molecule has 2 aromatic rings. The number of H-pyrrole nitrogens is 1. The lowest BCUT2D eigenvalue weighted by Gasteiger charge is -2.11. The Labute approximate surface area is 140 Å². The van der Waals surface area contributed by atoms with Crippen LogP contribution >= 0.6 is 0 Å². The van der Waals surface area contributed by atoms with Gasteiger partial charge in [-0.2, -0.15) is 16.8 Å². The van der Waals surface area contributed by atoms with Crippen molar-refractivity contribution in [2.24, 2.45) is 0 Å². The molecule has 0 bridgehead atoms. The van der Waals surface area contributed by atoms with Crippen molar-refractivity contribution in [3.63, 3.8) is 0 Å². The first-order valence-corrected chi connectivity index (χ1v) is 10.0. The van der Waals surface area contributed by atoms with Gasteiger partial charge in [0.25, 0.3) is 20.2 Å². The first-order valence-electron chi connectivity index (χ1n) is 7.09. The number of aromatic nitrogens is 2. The molecule has 0 saturated heterocycles. The van der Waals surface area contributed by atoms with Crippen molar-refractivity contribution < 1.29 is 25.9 Å². The smallest absolute Gasteiger partial charge is 0.294 e. The van der Waals surface area contributed by atoms with Gasteiger partial charge in [-0.15, -0.1) is 6.58 Å². The van der Waals surface area contributed by atoms with Crippen LogP contribution in [0.15, 0.2) is 29.7 Å². The number of nitrogens with one attached hydrogen (secondary N) is 1. The van der Waals surface area contributed by atoms with Crippen molar-refractivity contribution in [1.29, 1.82) is 0 Å². The molecule has 0 aliphatic rings. The Bertz CT molecular complexity index is 976. The molecule has 10 heteroatoms. The van der Waals surface area contributed by atoms with Gasteiger partial charge in [0.1, 0.15) is 5.82 Å². The number of hydrogen-bond acceptors (Lipinski definition) is 5. The largest absolute Gasteiger partial charge is 0.341 e. The molecular formula is C14H18N2O6S2. The third-order valence-corrected chi connectivity index (χ3v) is 5.89. The van der Waals surface area contributed by atoms with Gasteiger partial charge in [-0.1, -0.05) is 6.08 Å². The fourth-order valence-corrected chi connectivity index (χ4v) is 3.56. The van der Waals surface area contributed by atoms with Crippen LogP contribution in [0.2, 0.25) is 0 Å². The van der Waals surface area contributed by atoms with Gasteiger partial charge in [-0.25, -0.2) is 4.98 Å². The Balaban J connectivity index is 2.55. The van der Waals surface area contributed by atoms with Crippen molar-refractivity contribution in [3.8, 4) is 0 Å². The van der Waals surface area contributed by atoms with Gasteiger partial charge in [-0.05, 0) is 37.5 Å². The highest BCUT2D eigenvalue weighted by Gasteiger charge is 2.23. The molecule has 1 unspecified atom stereocenters. The van der Waals surface area contributed by atoms with Crippen molar-refractivity contribution in [2.75, 3.05) is 0 Å². The van der Waals surface area contributed by atoms with Crippen LogP contribution in [0.4, 0.5) is 0 Å². The Morgan fingerprint density at radius 3 is 2.50 bits per heavy atom. The molecule has 0 fully saturated rings. The second kappa shape index (κ2) is 6.63. The summed E-state index contributed by atoms with van der Waals surface area (Å²) in [6.07, 6.45) is 2.07. The molecule has 1 atom stereocenters. The lowest BCUT2D eigenvalue weighted by Crippen LogP contribution is -2.18. The summed E-state index contributed by atoms with van der Waals surface area (Å²) in [6.45, 7) is 4.92. The van der Waals surface area contributed by atoms with Crippen LogP contribution in [-0.2, 0) is 33.1 Å². The zero-order chi connectivity index (χ0) is 18.1. The van der Waals surface area contributed by atoms with E-state index in [0.717, 1.165) is 0 Å². The second-order valence-electron chi connectivity index (χ2n) is 5.45. The third-order valence-electron chi connectivity index (χ3n) is 3.70. The van der Waals surface area contributed by atoms with Crippen LogP contribution in [0, 0.1) is 0 Å². The molecule has 1 heterocycles. The number of imidazole rings is 1. The number of hydrogen-bond donors (Lipinski definition) is 3. The Hall–Kier alpha value is -1.75. The molecule has 1 aromatic carbocycles. The predicted octanol–water partition coefficient (Wildman–Crippen LogP) is 1.75. The van der Waals surface area contributed by atoms with E-state index in [1.54, 1.807) is 6.08 Å². The highest BCUT2D eigenvalue weighted by molar-refractivity contribution is 7.86. The number of nitrogens with zero attached hydrogens (tertiary/aromatic N) is 1. The van der Waals surface area contributed by atoms with Crippen molar-refractivity contribution in [3.05, 3.63) is 36.2 Å². The fraction of sp³-hybridized carbons (Fsp3) is 0.357. The zero-order valence-corrected chi connectivity index (χ0v) is 14.6. The SMILES string of the molecule is C=CCc1nc2ccc(S(=O)(=O)O)c(CCC(C)S(=O)(=O)O)c2[nH]1.